The first-order valence-electron chi connectivity index (χ1n) is 10.2. The maximum absolute atomic E-state index is 14.3. The highest BCUT2D eigenvalue weighted by Gasteiger charge is 2.28. The molecule has 0 saturated carbocycles. The number of carbonyl (C=O) groups is 1. The molecule has 11 heteroatoms. The van der Waals surface area contributed by atoms with E-state index in [-0.39, 0.29) is 13.2 Å². The number of hydrogen-bond acceptors (Lipinski definition) is 6. The molecule has 3 aromatic rings. The first kappa shape index (κ1) is 20.4. The van der Waals surface area contributed by atoms with E-state index in [1.807, 2.05) is 16.9 Å². The lowest BCUT2D eigenvalue weighted by molar-refractivity contribution is 0.256. The summed E-state index contributed by atoms with van der Waals surface area (Å²) in [6, 6.07) is 6.48. The highest BCUT2D eigenvalue weighted by molar-refractivity contribution is 7.90. The lowest BCUT2D eigenvalue weighted by atomic mass is 9.98. The van der Waals surface area contributed by atoms with Crippen molar-refractivity contribution < 1.29 is 22.3 Å². The fourth-order valence-electron chi connectivity index (χ4n) is 4.09. The van der Waals surface area contributed by atoms with Gasteiger partial charge in [-0.15, -0.1) is 0 Å². The number of sulfonamides is 1. The largest absolute Gasteiger partial charge is 0.478 e. The van der Waals surface area contributed by atoms with Crippen molar-refractivity contribution in [3.05, 3.63) is 53.6 Å². The number of anilines is 1. The van der Waals surface area contributed by atoms with Gasteiger partial charge in [-0.1, -0.05) is 12.1 Å². The smallest absolute Gasteiger partial charge is 0.333 e. The van der Waals surface area contributed by atoms with Crippen LogP contribution in [0, 0.1) is 5.82 Å². The summed E-state index contributed by atoms with van der Waals surface area (Å²) in [7, 11) is -4.50. The van der Waals surface area contributed by atoms with Gasteiger partial charge in [0.05, 0.1) is 18.5 Å². The van der Waals surface area contributed by atoms with E-state index >= 15 is 0 Å². The zero-order chi connectivity index (χ0) is 22.3. The number of benzene rings is 1. The number of hydrogen-bond donors (Lipinski definition) is 2. The molecular weight excluding hydrogens is 437 g/mol. The molecule has 3 heterocycles. The topological polar surface area (TPSA) is 115 Å². The molecule has 0 radical (unpaired) electrons. The van der Waals surface area contributed by atoms with Gasteiger partial charge in [0.15, 0.2) is 5.82 Å². The Morgan fingerprint density at radius 2 is 2.03 bits per heavy atom. The van der Waals surface area contributed by atoms with Crippen molar-refractivity contribution in [2.24, 2.45) is 0 Å². The van der Waals surface area contributed by atoms with E-state index in [0.717, 1.165) is 42.1 Å². The lowest BCUT2D eigenvalue weighted by Gasteiger charge is -2.17. The number of nitrogens with zero attached hydrogens (tertiary/aromatic N) is 3. The van der Waals surface area contributed by atoms with Gasteiger partial charge >= 0.3 is 6.03 Å². The van der Waals surface area contributed by atoms with Gasteiger partial charge in [-0.05, 0) is 42.0 Å². The summed E-state index contributed by atoms with van der Waals surface area (Å²) in [5.41, 5.74) is 4.05. The Morgan fingerprint density at radius 3 is 2.91 bits per heavy atom. The summed E-state index contributed by atoms with van der Waals surface area (Å²) in [5.74, 6) is -0.620. The molecule has 0 atom stereocenters. The molecule has 0 unspecified atom stereocenters. The van der Waals surface area contributed by atoms with Gasteiger partial charge in [0.1, 0.15) is 0 Å². The number of urea groups is 1. The van der Waals surface area contributed by atoms with E-state index in [9.17, 15) is 17.6 Å². The Morgan fingerprint density at radius 1 is 1.16 bits per heavy atom. The maximum Gasteiger partial charge on any atom is 0.333 e. The Labute approximate surface area is 183 Å². The summed E-state index contributed by atoms with van der Waals surface area (Å²) in [5, 5.41) is 5.65. The average molecular weight is 457 g/mol. The Hall–Kier alpha value is -3.47. The Bertz CT molecular complexity index is 1320. The van der Waals surface area contributed by atoms with Crippen LogP contribution in [0.1, 0.15) is 24.0 Å². The van der Waals surface area contributed by atoms with Gasteiger partial charge in [-0.2, -0.15) is 13.5 Å². The van der Waals surface area contributed by atoms with E-state index in [4.69, 9.17) is 4.74 Å². The van der Waals surface area contributed by atoms with Gasteiger partial charge < -0.3 is 10.1 Å². The number of fused-ring (bicyclic) bond motifs is 8. The summed E-state index contributed by atoms with van der Waals surface area (Å²) in [6.07, 6.45) is 5.60. The summed E-state index contributed by atoms with van der Waals surface area (Å²) in [4.78, 5) is 16.9. The van der Waals surface area contributed by atoms with Crippen molar-refractivity contribution >= 4 is 21.7 Å². The number of halogens is 1. The molecular formula is C21H20FN5O4S. The number of rotatable bonds is 0. The van der Waals surface area contributed by atoms with Crippen LogP contribution >= 0.6 is 0 Å². The van der Waals surface area contributed by atoms with Gasteiger partial charge in [-0.25, -0.2) is 18.9 Å². The predicted octanol–water partition coefficient (Wildman–Crippen LogP) is 2.87. The molecule has 0 saturated heterocycles. The Kier molecular flexibility index (Phi) is 5.04. The van der Waals surface area contributed by atoms with Crippen LogP contribution in [-0.2, 0) is 29.4 Å². The molecule has 9 nitrogen and oxygen atoms in total. The number of amides is 2. The third-order valence-corrected chi connectivity index (χ3v) is 6.76. The zero-order valence-corrected chi connectivity index (χ0v) is 17.8. The number of pyridine rings is 1. The highest BCUT2D eigenvalue weighted by Crippen LogP contribution is 2.38. The summed E-state index contributed by atoms with van der Waals surface area (Å²) in [6.45, 7) is 0.513. The van der Waals surface area contributed by atoms with Crippen molar-refractivity contribution in [1.29, 1.82) is 0 Å². The second-order valence-corrected chi connectivity index (χ2v) is 9.27. The number of nitrogens with one attached hydrogen (secondary N) is 2. The van der Waals surface area contributed by atoms with Crippen LogP contribution in [-0.4, -0.2) is 35.8 Å². The second-order valence-electron chi connectivity index (χ2n) is 7.67. The molecule has 1 aliphatic carbocycles. The van der Waals surface area contributed by atoms with Gasteiger partial charge in [0.25, 0.3) is 10.0 Å². The van der Waals surface area contributed by atoms with Gasteiger partial charge in [0.2, 0.25) is 10.9 Å². The molecule has 2 N–H and O–H groups in total. The van der Waals surface area contributed by atoms with Crippen molar-refractivity contribution in [1.82, 2.24) is 19.5 Å². The summed E-state index contributed by atoms with van der Waals surface area (Å²) < 4.78 is 48.3. The fourth-order valence-corrected chi connectivity index (χ4v) is 5.01. The molecule has 4 bridgehead atoms. The predicted molar refractivity (Wildman–Crippen MR) is 113 cm³/mol. The molecule has 32 heavy (non-hydrogen) atoms. The third kappa shape index (κ3) is 3.79. The average Bonchev–Trinajstić information content (AvgIpc) is 3.37. The van der Waals surface area contributed by atoms with E-state index in [2.05, 4.69) is 15.4 Å². The van der Waals surface area contributed by atoms with Crippen LogP contribution in [0.2, 0.25) is 0 Å². The number of aryl methyl sites for hydroxylation is 2. The maximum atomic E-state index is 14.3. The first-order valence-corrected chi connectivity index (χ1v) is 11.7. The van der Waals surface area contributed by atoms with Crippen molar-refractivity contribution in [3.8, 4) is 17.0 Å². The molecule has 2 amide bonds. The minimum atomic E-state index is -4.50. The molecule has 1 aliphatic heterocycles. The first-order chi connectivity index (χ1) is 15.4. The van der Waals surface area contributed by atoms with Crippen LogP contribution in [0.5, 0.6) is 5.88 Å². The van der Waals surface area contributed by atoms with Crippen LogP contribution in [0.3, 0.4) is 0 Å². The minimum Gasteiger partial charge on any atom is -0.478 e. The zero-order valence-electron chi connectivity index (χ0n) is 17.0. The fraction of sp³-hybridized carbons (Fsp3) is 0.286. The van der Waals surface area contributed by atoms with Crippen LogP contribution in [0.25, 0.3) is 11.1 Å². The summed E-state index contributed by atoms with van der Waals surface area (Å²) >= 11 is 0. The molecule has 0 fully saturated rings. The molecule has 5 rings (SSSR count). The van der Waals surface area contributed by atoms with E-state index in [0.29, 0.717) is 23.6 Å². The molecule has 2 aromatic heterocycles. The van der Waals surface area contributed by atoms with Gasteiger partial charge in [0, 0.05) is 30.8 Å². The number of ether oxygens (including phenoxy) is 1. The highest BCUT2D eigenvalue weighted by atomic mass is 32.2. The third-order valence-electron chi connectivity index (χ3n) is 5.52. The van der Waals surface area contributed by atoms with E-state index in [1.165, 1.54) is 4.68 Å². The number of aromatic nitrogens is 3. The lowest BCUT2D eigenvalue weighted by Crippen LogP contribution is -2.35. The van der Waals surface area contributed by atoms with Crippen molar-refractivity contribution in [2.75, 3.05) is 11.9 Å². The van der Waals surface area contributed by atoms with Crippen LogP contribution < -0.4 is 14.8 Å². The van der Waals surface area contributed by atoms with Crippen molar-refractivity contribution in [3.63, 3.8) is 0 Å². The standard InChI is InChI=1S/C21H20FN5O4S/c22-17-12-27-9-2-10-31-18-11-14(7-8-23-18)16-6-5-13-3-1-4-15(13)19(16)24-21(28)26-32(29,30)20(17)25-27/h5-8,11-12H,1-4,9-10H2,(H2,24,26,28). The molecule has 166 valence electrons. The van der Waals surface area contributed by atoms with E-state index in [1.54, 1.807) is 18.3 Å². The molecule has 2 aliphatic rings. The molecule has 0 spiro atoms. The monoisotopic (exact) mass is 457 g/mol. The molecule has 1 aromatic carbocycles. The van der Waals surface area contributed by atoms with Crippen LogP contribution in [0.15, 0.2) is 41.7 Å². The normalized spacial score (nSPS) is 17.5. The van der Waals surface area contributed by atoms with Crippen molar-refractivity contribution in [2.45, 2.75) is 37.3 Å². The van der Waals surface area contributed by atoms with Gasteiger partial charge in [-0.3, -0.25) is 4.68 Å². The minimum absolute atomic E-state index is 0.229. The number of carbonyl (C=O) groups excluding carboxylic acids is 1. The SMILES string of the molecule is O=C1Nc2c(ccc3c2CCC3)-c2ccnc(c2)OCCCn2cc(F)c(n2)S(=O)(=O)N1. The second kappa shape index (κ2) is 7.90. The quantitative estimate of drug-likeness (QED) is 0.536. The van der Waals surface area contributed by atoms with E-state index < -0.39 is 26.9 Å². The van der Waals surface area contributed by atoms with Crippen LogP contribution in [0.4, 0.5) is 14.9 Å². The Balaban J connectivity index is 1.61.